The van der Waals surface area contributed by atoms with Gasteiger partial charge in [0.15, 0.2) is 5.82 Å². The maximum atomic E-state index is 13.4. The molecule has 1 aromatic heterocycles. The average Bonchev–Trinajstić information content (AvgIpc) is 3.25. The molecule has 0 aliphatic heterocycles. The number of amides is 1. The van der Waals surface area contributed by atoms with E-state index in [-0.39, 0.29) is 11.6 Å². The SMILES string of the molecule is COc1ccc(OC)c(NC(=O)c2nc(-c3ccc(F)cc3)n(-c3ccc(Cl)cc3)n2)c1. The summed E-state index contributed by atoms with van der Waals surface area (Å²) < 4.78 is 25.5. The molecule has 0 fully saturated rings. The third kappa shape index (κ3) is 4.40. The highest BCUT2D eigenvalue weighted by atomic mass is 35.5. The second kappa shape index (κ2) is 9.07. The zero-order chi connectivity index (χ0) is 22.7. The Morgan fingerprint density at radius 2 is 1.72 bits per heavy atom. The van der Waals surface area contributed by atoms with Gasteiger partial charge in [0.25, 0.3) is 5.91 Å². The topological polar surface area (TPSA) is 78.3 Å². The number of anilines is 1. The smallest absolute Gasteiger partial charge is 0.295 e. The molecule has 162 valence electrons. The van der Waals surface area contributed by atoms with E-state index in [1.54, 1.807) is 54.6 Å². The monoisotopic (exact) mass is 452 g/mol. The number of nitrogens with one attached hydrogen (secondary N) is 1. The highest BCUT2D eigenvalue weighted by Gasteiger charge is 2.20. The second-order valence-electron chi connectivity index (χ2n) is 6.67. The molecule has 0 radical (unpaired) electrons. The predicted octanol–water partition coefficient (Wildman–Crippen LogP) is 5.00. The van der Waals surface area contributed by atoms with Gasteiger partial charge in [-0.05, 0) is 60.7 Å². The lowest BCUT2D eigenvalue weighted by Crippen LogP contribution is -2.15. The zero-order valence-electron chi connectivity index (χ0n) is 17.2. The molecule has 9 heteroatoms. The average molecular weight is 453 g/mol. The van der Waals surface area contributed by atoms with Crippen LogP contribution in [0.15, 0.2) is 66.7 Å². The van der Waals surface area contributed by atoms with Crippen molar-refractivity contribution in [2.24, 2.45) is 0 Å². The van der Waals surface area contributed by atoms with Crippen LogP contribution in [0, 0.1) is 5.82 Å². The van der Waals surface area contributed by atoms with Crippen LogP contribution in [0.4, 0.5) is 10.1 Å². The van der Waals surface area contributed by atoms with E-state index in [9.17, 15) is 9.18 Å². The summed E-state index contributed by atoms with van der Waals surface area (Å²) in [5.74, 6) is 0.365. The van der Waals surface area contributed by atoms with Gasteiger partial charge in [-0.3, -0.25) is 4.79 Å². The second-order valence-corrected chi connectivity index (χ2v) is 7.11. The highest BCUT2D eigenvalue weighted by Crippen LogP contribution is 2.29. The summed E-state index contributed by atoms with van der Waals surface area (Å²) in [6, 6.07) is 17.7. The van der Waals surface area contributed by atoms with Crippen LogP contribution in [0.5, 0.6) is 11.5 Å². The van der Waals surface area contributed by atoms with Crippen LogP contribution in [0.3, 0.4) is 0 Å². The highest BCUT2D eigenvalue weighted by molar-refractivity contribution is 6.30. The van der Waals surface area contributed by atoms with Crippen LogP contribution >= 0.6 is 11.6 Å². The van der Waals surface area contributed by atoms with E-state index < -0.39 is 5.91 Å². The van der Waals surface area contributed by atoms with Gasteiger partial charge in [-0.15, -0.1) is 5.10 Å². The largest absolute Gasteiger partial charge is 0.497 e. The third-order valence-corrected chi connectivity index (χ3v) is 4.89. The molecule has 1 heterocycles. The summed E-state index contributed by atoms with van der Waals surface area (Å²) in [4.78, 5) is 17.4. The van der Waals surface area contributed by atoms with Crippen molar-refractivity contribution in [1.82, 2.24) is 14.8 Å². The number of nitrogens with zero attached hydrogens (tertiary/aromatic N) is 3. The van der Waals surface area contributed by atoms with Gasteiger partial charge in [0.1, 0.15) is 17.3 Å². The molecule has 0 saturated heterocycles. The maximum Gasteiger partial charge on any atom is 0.295 e. The summed E-state index contributed by atoms with van der Waals surface area (Å²) in [6.45, 7) is 0. The Morgan fingerprint density at radius 1 is 1.00 bits per heavy atom. The number of hydrogen-bond donors (Lipinski definition) is 1. The molecule has 7 nitrogen and oxygen atoms in total. The lowest BCUT2D eigenvalue weighted by Gasteiger charge is -2.10. The van der Waals surface area contributed by atoms with Crippen molar-refractivity contribution in [2.45, 2.75) is 0 Å². The number of aromatic nitrogens is 3. The molecule has 1 N–H and O–H groups in total. The maximum absolute atomic E-state index is 13.4. The molecule has 0 spiro atoms. The minimum absolute atomic E-state index is 0.0795. The quantitative estimate of drug-likeness (QED) is 0.445. The van der Waals surface area contributed by atoms with Crippen molar-refractivity contribution in [2.75, 3.05) is 19.5 Å². The Labute approximate surface area is 188 Å². The van der Waals surface area contributed by atoms with E-state index >= 15 is 0 Å². The molecule has 0 bridgehead atoms. The molecule has 1 amide bonds. The molecule has 0 aliphatic carbocycles. The number of carbonyl (C=O) groups excluding carboxylic acids is 1. The van der Waals surface area contributed by atoms with Crippen molar-refractivity contribution in [3.05, 3.63) is 83.4 Å². The van der Waals surface area contributed by atoms with Crippen molar-refractivity contribution in [3.8, 4) is 28.6 Å². The fraction of sp³-hybridized carbons (Fsp3) is 0.0870. The fourth-order valence-corrected chi connectivity index (χ4v) is 3.17. The van der Waals surface area contributed by atoms with Crippen LogP contribution in [0.1, 0.15) is 10.6 Å². The minimum Gasteiger partial charge on any atom is -0.497 e. The number of methoxy groups -OCH3 is 2. The van der Waals surface area contributed by atoms with Crippen molar-refractivity contribution >= 4 is 23.2 Å². The zero-order valence-corrected chi connectivity index (χ0v) is 17.9. The minimum atomic E-state index is -0.548. The molecule has 0 atom stereocenters. The van der Waals surface area contributed by atoms with E-state index in [1.807, 2.05) is 0 Å². The van der Waals surface area contributed by atoms with Gasteiger partial charge in [0.05, 0.1) is 25.6 Å². The van der Waals surface area contributed by atoms with Crippen LogP contribution in [0.2, 0.25) is 5.02 Å². The van der Waals surface area contributed by atoms with Gasteiger partial charge in [-0.2, -0.15) is 0 Å². The molecule has 4 rings (SSSR count). The number of ether oxygens (including phenoxy) is 2. The lowest BCUT2D eigenvalue weighted by molar-refractivity contribution is 0.101. The first-order chi connectivity index (χ1) is 15.5. The third-order valence-electron chi connectivity index (χ3n) is 4.64. The Hall–Kier alpha value is -3.91. The first-order valence-electron chi connectivity index (χ1n) is 9.51. The van der Waals surface area contributed by atoms with Gasteiger partial charge in [0.2, 0.25) is 5.82 Å². The summed E-state index contributed by atoms with van der Waals surface area (Å²) in [5.41, 5.74) is 1.63. The number of rotatable bonds is 6. The standard InChI is InChI=1S/C23H18ClFN4O3/c1-31-18-11-12-20(32-2)19(13-18)26-23(30)21-27-22(14-3-7-16(25)8-4-14)29(28-21)17-9-5-15(24)6-10-17/h3-13H,1-2H3,(H,26,30). The molecule has 3 aromatic carbocycles. The van der Waals surface area contributed by atoms with E-state index in [1.165, 1.54) is 31.0 Å². The predicted molar refractivity (Wildman–Crippen MR) is 119 cm³/mol. The molecular formula is C23H18ClFN4O3. The van der Waals surface area contributed by atoms with Gasteiger partial charge in [-0.1, -0.05) is 11.6 Å². The number of benzene rings is 3. The first-order valence-corrected chi connectivity index (χ1v) is 9.88. The summed E-state index contributed by atoms with van der Waals surface area (Å²) in [5, 5.41) is 7.69. The summed E-state index contributed by atoms with van der Waals surface area (Å²) in [6.07, 6.45) is 0. The van der Waals surface area contributed by atoms with Gasteiger partial charge < -0.3 is 14.8 Å². The van der Waals surface area contributed by atoms with Crippen LogP contribution in [0.25, 0.3) is 17.1 Å². The molecule has 4 aromatic rings. The normalized spacial score (nSPS) is 10.6. The van der Waals surface area contributed by atoms with E-state index in [0.29, 0.717) is 39.3 Å². The van der Waals surface area contributed by atoms with Gasteiger partial charge in [-0.25, -0.2) is 14.1 Å². The Balaban J connectivity index is 1.75. The van der Waals surface area contributed by atoms with Gasteiger partial charge in [0, 0.05) is 16.7 Å². The van der Waals surface area contributed by atoms with Crippen LogP contribution in [-0.2, 0) is 0 Å². The molecular weight excluding hydrogens is 435 g/mol. The number of hydrogen-bond acceptors (Lipinski definition) is 5. The van der Waals surface area contributed by atoms with Crippen LogP contribution < -0.4 is 14.8 Å². The first kappa shape index (κ1) is 21.3. The Morgan fingerprint density at radius 3 is 2.38 bits per heavy atom. The summed E-state index contributed by atoms with van der Waals surface area (Å²) in [7, 11) is 3.02. The van der Waals surface area contributed by atoms with Crippen LogP contribution in [-0.4, -0.2) is 34.9 Å². The van der Waals surface area contributed by atoms with E-state index in [4.69, 9.17) is 21.1 Å². The van der Waals surface area contributed by atoms with Gasteiger partial charge >= 0.3 is 0 Å². The lowest BCUT2D eigenvalue weighted by atomic mass is 10.2. The van der Waals surface area contributed by atoms with Crippen molar-refractivity contribution in [3.63, 3.8) is 0 Å². The van der Waals surface area contributed by atoms with Crippen molar-refractivity contribution in [1.29, 1.82) is 0 Å². The Bertz CT molecular complexity index is 1190. The fourth-order valence-electron chi connectivity index (χ4n) is 3.05. The molecule has 0 unspecified atom stereocenters. The molecule has 32 heavy (non-hydrogen) atoms. The number of carbonyl (C=O) groups is 1. The van der Waals surface area contributed by atoms with E-state index in [2.05, 4.69) is 15.4 Å². The number of halogens is 2. The Kier molecular flexibility index (Phi) is 6.04. The molecule has 0 aliphatic rings. The summed E-state index contributed by atoms with van der Waals surface area (Å²) >= 11 is 6.00. The molecule has 0 saturated carbocycles. The van der Waals surface area contributed by atoms with E-state index in [0.717, 1.165) is 0 Å². The van der Waals surface area contributed by atoms with Crippen molar-refractivity contribution < 1.29 is 18.7 Å².